The summed E-state index contributed by atoms with van der Waals surface area (Å²) in [5, 5.41) is 9.12. The van der Waals surface area contributed by atoms with Gasteiger partial charge in [-0.2, -0.15) is 0 Å². The third kappa shape index (κ3) is 5.19. The van der Waals surface area contributed by atoms with Crippen LogP contribution in [0.2, 0.25) is 0 Å². The molecule has 0 aromatic carbocycles. The number of amides is 1. The second-order valence-corrected chi connectivity index (χ2v) is 4.14. The number of likely N-dealkylation sites (N-methyl/N-ethyl adjacent to an activating group) is 2. The van der Waals surface area contributed by atoms with Gasteiger partial charge in [0, 0.05) is 19.6 Å². The molecule has 0 fully saturated rings. The first-order valence-corrected chi connectivity index (χ1v) is 4.96. The average Bonchev–Trinajstić information content (AvgIpc) is 2.00. The van der Waals surface area contributed by atoms with E-state index in [0.29, 0.717) is 13.1 Å². The predicted octanol–water partition coefficient (Wildman–Crippen LogP) is 0.166. The van der Waals surface area contributed by atoms with E-state index in [4.69, 9.17) is 5.11 Å². The first-order valence-electron chi connectivity index (χ1n) is 4.96. The first kappa shape index (κ1) is 13.4. The van der Waals surface area contributed by atoms with Gasteiger partial charge in [0.25, 0.3) is 0 Å². The average molecular weight is 202 g/mol. The summed E-state index contributed by atoms with van der Waals surface area (Å²) >= 11 is 0. The summed E-state index contributed by atoms with van der Waals surface area (Å²) in [5.41, 5.74) is 0. The van der Waals surface area contributed by atoms with Crippen molar-refractivity contribution < 1.29 is 9.90 Å². The van der Waals surface area contributed by atoms with Crippen LogP contribution in [0.25, 0.3) is 0 Å². The standard InChI is InChI=1S/C10H22N2O2/c1-8(2)12(5)10(14)7-11(4)6-9(3)13/h8-9,13H,6-7H2,1-5H3. The van der Waals surface area contributed by atoms with Crippen molar-refractivity contribution in [3.8, 4) is 0 Å². The van der Waals surface area contributed by atoms with Crippen LogP contribution in [0.5, 0.6) is 0 Å². The van der Waals surface area contributed by atoms with E-state index < -0.39 is 6.10 Å². The Kier molecular flexibility index (Phi) is 5.72. The highest BCUT2D eigenvalue weighted by molar-refractivity contribution is 5.78. The summed E-state index contributed by atoms with van der Waals surface area (Å²) in [4.78, 5) is 15.1. The number of hydrogen-bond donors (Lipinski definition) is 1. The molecule has 0 heterocycles. The Morgan fingerprint density at radius 2 is 1.79 bits per heavy atom. The smallest absolute Gasteiger partial charge is 0.236 e. The normalized spacial score (nSPS) is 13.4. The van der Waals surface area contributed by atoms with Gasteiger partial charge < -0.3 is 10.0 Å². The fraction of sp³-hybridized carbons (Fsp3) is 0.900. The van der Waals surface area contributed by atoms with E-state index in [0.717, 1.165) is 0 Å². The maximum absolute atomic E-state index is 11.6. The van der Waals surface area contributed by atoms with Gasteiger partial charge in [-0.1, -0.05) is 0 Å². The molecule has 0 saturated carbocycles. The van der Waals surface area contributed by atoms with Gasteiger partial charge in [-0.25, -0.2) is 0 Å². The fourth-order valence-corrected chi connectivity index (χ4v) is 1.15. The third-order valence-electron chi connectivity index (χ3n) is 2.15. The fourth-order valence-electron chi connectivity index (χ4n) is 1.15. The SMILES string of the molecule is CC(O)CN(C)CC(=O)N(C)C(C)C. The van der Waals surface area contributed by atoms with Crippen LogP contribution in [0.4, 0.5) is 0 Å². The summed E-state index contributed by atoms with van der Waals surface area (Å²) in [5.74, 6) is 0.0863. The van der Waals surface area contributed by atoms with Crippen LogP contribution >= 0.6 is 0 Å². The molecule has 14 heavy (non-hydrogen) atoms. The molecule has 1 atom stereocenters. The third-order valence-corrected chi connectivity index (χ3v) is 2.15. The minimum Gasteiger partial charge on any atom is -0.392 e. The Bertz CT molecular complexity index is 181. The van der Waals surface area contributed by atoms with Crippen molar-refractivity contribution in [3.05, 3.63) is 0 Å². The minimum atomic E-state index is -0.392. The van der Waals surface area contributed by atoms with Gasteiger partial charge in [-0.3, -0.25) is 9.69 Å². The molecule has 0 aliphatic carbocycles. The Labute approximate surface area is 86.5 Å². The van der Waals surface area contributed by atoms with E-state index in [1.54, 1.807) is 18.9 Å². The number of rotatable bonds is 5. The molecule has 4 nitrogen and oxygen atoms in total. The number of aliphatic hydroxyl groups is 1. The number of aliphatic hydroxyl groups excluding tert-OH is 1. The van der Waals surface area contributed by atoms with Gasteiger partial charge in [-0.05, 0) is 27.8 Å². The molecule has 4 heteroatoms. The van der Waals surface area contributed by atoms with E-state index in [1.165, 1.54) is 0 Å². The van der Waals surface area contributed by atoms with Crippen LogP contribution in [-0.2, 0) is 4.79 Å². The molecular weight excluding hydrogens is 180 g/mol. The predicted molar refractivity (Wildman–Crippen MR) is 57.1 cm³/mol. The van der Waals surface area contributed by atoms with Crippen molar-refractivity contribution in [3.63, 3.8) is 0 Å². The summed E-state index contributed by atoms with van der Waals surface area (Å²) < 4.78 is 0. The van der Waals surface area contributed by atoms with Crippen molar-refractivity contribution in [1.29, 1.82) is 0 Å². The summed E-state index contributed by atoms with van der Waals surface area (Å²) in [6, 6.07) is 0.224. The number of hydrogen-bond acceptors (Lipinski definition) is 3. The quantitative estimate of drug-likeness (QED) is 0.691. The van der Waals surface area contributed by atoms with Crippen molar-refractivity contribution in [2.45, 2.75) is 32.9 Å². The minimum absolute atomic E-state index is 0.0863. The van der Waals surface area contributed by atoms with Gasteiger partial charge in [0.15, 0.2) is 0 Å². The topological polar surface area (TPSA) is 43.8 Å². The molecule has 1 amide bonds. The Balaban J connectivity index is 3.93. The maximum atomic E-state index is 11.6. The van der Waals surface area contributed by atoms with Crippen LogP contribution in [0.1, 0.15) is 20.8 Å². The monoisotopic (exact) mass is 202 g/mol. The zero-order chi connectivity index (χ0) is 11.3. The Morgan fingerprint density at radius 3 is 2.14 bits per heavy atom. The van der Waals surface area contributed by atoms with Crippen molar-refractivity contribution in [2.75, 3.05) is 27.2 Å². The first-order chi connectivity index (χ1) is 6.34. The highest BCUT2D eigenvalue weighted by Crippen LogP contribution is 1.96. The molecule has 0 radical (unpaired) electrons. The zero-order valence-electron chi connectivity index (χ0n) is 9.82. The molecule has 0 rings (SSSR count). The van der Waals surface area contributed by atoms with Gasteiger partial charge in [0.1, 0.15) is 0 Å². The largest absolute Gasteiger partial charge is 0.392 e. The summed E-state index contributed by atoms with van der Waals surface area (Å²) in [7, 11) is 3.63. The highest BCUT2D eigenvalue weighted by Gasteiger charge is 2.14. The summed E-state index contributed by atoms with van der Waals surface area (Å²) in [6.45, 7) is 6.56. The van der Waals surface area contributed by atoms with Crippen LogP contribution < -0.4 is 0 Å². The Morgan fingerprint density at radius 1 is 1.29 bits per heavy atom. The van der Waals surface area contributed by atoms with Crippen molar-refractivity contribution in [1.82, 2.24) is 9.80 Å². The van der Waals surface area contributed by atoms with E-state index in [1.807, 2.05) is 25.8 Å². The van der Waals surface area contributed by atoms with E-state index >= 15 is 0 Å². The van der Waals surface area contributed by atoms with Crippen LogP contribution in [0.3, 0.4) is 0 Å². The maximum Gasteiger partial charge on any atom is 0.236 e. The molecule has 0 aromatic rings. The molecule has 1 N–H and O–H groups in total. The molecule has 0 saturated heterocycles. The lowest BCUT2D eigenvalue weighted by Crippen LogP contribution is -2.41. The van der Waals surface area contributed by atoms with E-state index in [-0.39, 0.29) is 11.9 Å². The molecule has 0 aliphatic heterocycles. The van der Waals surface area contributed by atoms with Crippen molar-refractivity contribution >= 4 is 5.91 Å². The second-order valence-electron chi connectivity index (χ2n) is 4.14. The van der Waals surface area contributed by atoms with Gasteiger partial charge in [-0.15, -0.1) is 0 Å². The lowest BCUT2D eigenvalue weighted by Gasteiger charge is -2.25. The molecule has 0 bridgehead atoms. The second kappa shape index (κ2) is 5.98. The molecule has 0 spiro atoms. The van der Waals surface area contributed by atoms with E-state index in [2.05, 4.69) is 0 Å². The molecular formula is C10H22N2O2. The van der Waals surface area contributed by atoms with Gasteiger partial charge >= 0.3 is 0 Å². The van der Waals surface area contributed by atoms with Crippen molar-refractivity contribution in [2.24, 2.45) is 0 Å². The number of carbonyl (C=O) groups excluding carboxylic acids is 1. The molecule has 84 valence electrons. The van der Waals surface area contributed by atoms with Gasteiger partial charge in [0.2, 0.25) is 5.91 Å². The molecule has 1 unspecified atom stereocenters. The highest BCUT2D eigenvalue weighted by atomic mass is 16.3. The molecule has 0 aromatic heterocycles. The molecule has 0 aliphatic rings. The Hall–Kier alpha value is -0.610. The zero-order valence-corrected chi connectivity index (χ0v) is 9.82. The number of nitrogens with zero attached hydrogens (tertiary/aromatic N) is 2. The van der Waals surface area contributed by atoms with Gasteiger partial charge in [0.05, 0.1) is 12.6 Å². The van der Waals surface area contributed by atoms with Crippen LogP contribution in [0.15, 0.2) is 0 Å². The van der Waals surface area contributed by atoms with Crippen LogP contribution in [0, 0.1) is 0 Å². The lowest BCUT2D eigenvalue weighted by molar-refractivity contribution is -0.132. The number of carbonyl (C=O) groups is 1. The van der Waals surface area contributed by atoms with Crippen LogP contribution in [-0.4, -0.2) is 60.1 Å². The van der Waals surface area contributed by atoms with E-state index in [9.17, 15) is 4.79 Å². The summed E-state index contributed by atoms with van der Waals surface area (Å²) in [6.07, 6.45) is -0.392. The lowest BCUT2D eigenvalue weighted by atomic mass is 10.3.